The molecular formula is C17H22N4O3. The molecule has 1 aliphatic heterocycles. The third-order valence-electron chi connectivity index (χ3n) is 4.21. The van der Waals surface area contributed by atoms with Gasteiger partial charge in [-0.25, -0.2) is 9.97 Å². The SMILES string of the molecule is COCC(=O)N1CCn2c(CCOc3ccccn3)cnc2C1C. The average molecular weight is 330 g/mol. The van der Waals surface area contributed by atoms with Crippen molar-refractivity contribution in [3.05, 3.63) is 42.1 Å². The fourth-order valence-electron chi connectivity index (χ4n) is 3.00. The first-order valence-electron chi connectivity index (χ1n) is 8.07. The van der Waals surface area contributed by atoms with Crippen LogP contribution < -0.4 is 4.74 Å². The van der Waals surface area contributed by atoms with Gasteiger partial charge >= 0.3 is 0 Å². The summed E-state index contributed by atoms with van der Waals surface area (Å²) in [6, 6.07) is 5.55. The Morgan fingerprint density at radius 3 is 2.96 bits per heavy atom. The molecule has 0 bridgehead atoms. The predicted molar refractivity (Wildman–Crippen MR) is 87.7 cm³/mol. The number of hydrogen-bond donors (Lipinski definition) is 0. The first-order chi connectivity index (χ1) is 11.7. The summed E-state index contributed by atoms with van der Waals surface area (Å²) in [7, 11) is 1.53. The lowest BCUT2D eigenvalue weighted by atomic mass is 10.2. The molecular weight excluding hydrogens is 308 g/mol. The smallest absolute Gasteiger partial charge is 0.249 e. The largest absolute Gasteiger partial charge is 0.477 e. The van der Waals surface area contributed by atoms with E-state index in [1.807, 2.05) is 36.2 Å². The maximum absolute atomic E-state index is 12.1. The normalized spacial score (nSPS) is 16.8. The van der Waals surface area contributed by atoms with Crippen LogP contribution in [0.1, 0.15) is 24.5 Å². The van der Waals surface area contributed by atoms with Gasteiger partial charge in [0.25, 0.3) is 0 Å². The molecule has 3 rings (SSSR count). The number of fused-ring (bicyclic) bond motifs is 1. The van der Waals surface area contributed by atoms with E-state index in [-0.39, 0.29) is 18.6 Å². The highest BCUT2D eigenvalue weighted by Gasteiger charge is 2.29. The Labute approximate surface area is 141 Å². The molecule has 0 N–H and O–H groups in total. The summed E-state index contributed by atoms with van der Waals surface area (Å²) in [5.41, 5.74) is 1.12. The van der Waals surface area contributed by atoms with Crippen LogP contribution in [0.15, 0.2) is 30.6 Å². The number of methoxy groups -OCH3 is 1. The summed E-state index contributed by atoms with van der Waals surface area (Å²) in [4.78, 5) is 22.6. The number of hydrogen-bond acceptors (Lipinski definition) is 5. The quantitative estimate of drug-likeness (QED) is 0.802. The molecule has 2 aromatic rings. The van der Waals surface area contributed by atoms with Crippen molar-refractivity contribution in [3.8, 4) is 5.88 Å². The fourth-order valence-corrected chi connectivity index (χ4v) is 3.00. The number of imidazole rings is 1. The second kappa shape index (κ2) is 7.44. The minimum absolute atomic E-state index is 0.000662. The zero-order valence-corrected chi connectivity index (χ0v) is 14.0. The molecule has 128 valence electrons. The van der Waals surface area contributed by atoms with Crippen molar-refractivity contribution in [1.29, 1.82) is 0 Å². The van der Waals surface area contributed by atoms with Gasteiger partial charge in [-0.1, -0.05) is 6.07 Å². The minimum atomic E-state index is -0.0492. The fraction of sp³-hybridized carbons (Fsp3) is 0.471. The van der Waals surface area contributed by atoms with E-state index in [1.165, 1.54) is 7.11 Å². The van der Waals surface area contributed by atoms with Gasteiger partial charge in [0, 0.05) is 50.8 Å². The van der Waals surface area contributed by atoms with Gasteiger partial charge in [-0.3, -0.25) is 4.79 Å². The molecule has 0 saturated heterocycles. The van der Waals surface area contributed by atoms with E-state index in [0.717, 1.165) is 24.5 Å². The summed E-state index contributed by atoms with van der Waals surface area (Å²) in [6.07, 6.45) is 4.34. The van der Waals surface area contributed by atoms with Gasteiger partial charge in [0.05, 0.1) is 12.6 Å². The Bertz CT molecular complexity index is 686. The van der Waals surface area contributed by atoms with Crippen LogP contribution in [0.5, 0.6) is 5.88 Å². The highest BCUT2D eigenvalue weighted by atomic mass is 16.5. The Morgan fingerprint density at radius 2 is 2.21 bits per heavy atom. The average Bonchev–Trinajstić information content (AvgIpc) is 3.00. The third kappa shape index (κ3) is 3.41. The third-order valence-corrected chi connectivity index (χ3v) is 4.21. The standard InChI is InChI=1S/C17H22N4O3/c1-13-17-19-11-14(6-10-24-15-5-3-4-7-18-15)21(17)9-8-20(13)16(22)12-23-2/h3-5,7,11,13H,6,8-10,12H2,1-2H3. The van der Waals surface area contributed by atoms with E-state index in [4.69, 9.17) is 9.47 Å². The molecule has 0 spiro atoms. The lowest BCUT2D eigenvalue weighted by Crippen LogP contribution is -2.43. The van der Waals surface area contributed by atoms with Gasteiger partial charge in [0.15, 0.2) is 0 Å². The number of rotatable bonds is 6. The Hall–Kier alpha value is -2.41. The molecule has 0 aliphatic carbocycles. The van der Waals surface area contributed by atoms with Crippen LogP contribution >= 0.6 is 0 Å². The van der Waals surface area contributed by atoms with Crippen LogP contribution in [0.4, 0.5) is 0 Å². The molecule has 1 aliphatic rings. The highest BCUT2D eigenvalue weighted by molar-refractivity contribution is 5.78. The van der Waals surface area contributed by atoms with Crippen molar-refractivity contribution >= 4 is 5.91 Å². The summed E-state index contributed by atoms with van der Waals surface area (Å²) in [6.45, 7) is 4.06. The first-order valence-corrected chi connectivity index (χ1v) is 8.07. The molecule has 0 saturated carbocycles. The van der Waals surface area contributed by atoms with E-state index in [9.17, 15) is 4.79 Å². The maximum Gasteiger partial charge on any atom is 0.249 e. The zero-order chi connectivity index (χ0) is 16.9. The van der Waals surface area contributed by atoms with Gasteiger partial charge in [0.2, 0.25) is 11.8 Å². The lowest BCUT2D eigenvalue weighted by molar-refractivity contribution is -0.138. The van der Waals surface area contributed by atoms with Gasteiger partial charge in [-0.15, -0.1) is 0 Å². The van der Waals surface area contributed by atoms with E-state index in [0.29, 0.717) is 19.0 Å². The van der Waals surface area contributed by atoms with Crippen molar-refractivity contribution in [3.63, 3.8) is 0 Å². The number of pyridine rings is 1. The van der Waals surface area contributed by atoms with E-state index in [1.54, 1.807) is 6.20 Å². The van der Waals surface area contributed by atoms with Crippen LogP contribution in [0.3, 0.4) is 0 Å². The van der Waals surface area contributed by atoms with E-state index >= 15 is 0 Å². The number of carbonyl (C=O) groups is 1. The second-order valence-corrected chi connectivity index (χ2v) is 5.72. The van der Waals surface area contributed by atoms with Crippen molar-refractivity contribution in [2.45, 2.75) is 25.9 Å². The lowest BCUT2D eigenvalue weighted by Gasteiger charge is -2.34. The summed E-state index contributed by atoms with van der Waals surface area (Å²) in [5, 5.41) is 0. The second-order valence-electron chi connectivity index (χ2n) is 5.72. The number of carbonyl (C=O) groups excluding carboxylic acids is 1. The van der Waals surface area contributed by atoms with Crippen molar-refractivity contribution < 1.29 is 14.3 Å². The van der Waals surface area contributed by atoms with E-state index in [2.05, 4.69) is 14.5 Å². The molecule has 24 heavy (non-hydrogen) atoms. The Morgan fingerprint density at radius 1 is 1.33 bits per heavy atom. The van der Waals surface area contributed by atoms with Gasteiger partial charge < -0.3 is 18.9 Å². The molecule has 1 atom stereocenters. The van der Waals surface area contributed by atoms with Crippen LogP contribution in [-0.2, 0) is 22.5 Å². The molecule has 3 heterocycles. The maximum atomic E-state index is 12.1. The number of amides is 1. The Kier molecular flexibility index (Phi) is 5.10. The number of ether oxygens (including phenoxy) is 2. The monoisotopic (exact) mass is 330 g/mol. The van der Waals surface area contributed by atoms with E-state index < -0.39 is 0 Å². The van der Waals surface area contributed by atoms with Crippen molar-refractivity contribution in [1.82, 2.24) is 19.4 Å². The van der Waals surface area contributed by atoms with Gasteiger partial charge in [-0.05, 0) is 13.0 Å². The predicted octanol–water partition coefficient (Wildman–Crippen LogP) is 1.45. The van der Waals surface area contributed by atoms with Gasteiger partial charge in [0.1, 0.15) is 12.4 Å². The number of aromatic nitrogens is 3. The van der Waals surface area contributed by atoms with Crippen LogP contribution in [0, 0.1) is 0 Å². The zero-order valence-electron chi connectivity index (χ0n) is 14.0. The van der Waals surface area contributed by atoms with Crippen LogP contribution in [-0.4, -0.2) is 52.2 Å². The molecule has 1 amide bonds. The minimum Gasteiger partial charge on any atom is -0.477 e. The Balaban J connectivity index is 1.63. The molecule has 7 nitrogen and oxygen atoms in total. The van der Waals surface area contributed by atoms with Gasteiger partial charge in [-0.2, -0.15) is 0 Å². The summed E-state index contributed by atoms with van der Waals surface area (Å²) in [5.74, 6) is 1.54. The molecule has 1 unspecified atom stereocenters. The molecule has 2 aromatic heterocycles. The van der Waals surface area contributed by atoms with Crippen LogP contribution in [0.2, 0.25) is 0 Å². The first kappa shape index (κ1) is 16.4. The van der Waals surface area contributed by atoms with Crippen molar-refractivity contribution in [2.75, 3.05) is 26.9 Å². The summed E-state index contributed by atoms with van der Waals surface area (Å²) >= 11 is 0. The molecule has 0 fully saturated rings. The topological polar surface area (TPSA) is 69.5 Å². The number of nitrogens with zero attached hydrogens (tertiary/aromatic N) is 4. The molecule has 0 radical (unpaired) electrons. The summed E-state index contributed by atoms with van der Waals surface area (Å²) < 4.78 is 12.8. The molecule has 0 aromatic carbocycles. The van der Waals surface area contributed by atoms with Crippen LogP contribution in [0.25, 0.3) is 0 Å². The molecule has 7 heteroatoms. The highest BCUT2D eigenvalue weighted by Crippen LogP contribution is 2.25. The van der Waals surface area contributed by atoms with Crippen molar-refractivity contribution in [2.24, 2.45) is 0 Å².